The van der Waals surface area contributed by atoms with Crippen molar-refractivity contribution >= 4 is 28.4 Å². The van der Waals surface area contributed by atoms with Gasteiger partial charge in [-0.3, -0.25) is 0 Å². The van der Waals surface area contributed by atoms with E-state index >= 15 is 0 Å². The van der Waals surface area contributed by atoms with Crippen LogP contribution in [-0.2, 0) is 13.1 Å². The van der Waals surface area contributed by atoms with Gasteiger partial charge in [-0.15, -0.1) is 0 Å². The summed E-state index contributed by atoms with van der Waals surface area (Å²) in [7, 11) is 0. The number of hydrogen-bond donors (Lipinski definition) is 3. The summed E-state index contributed by atoms with van der Waals surface area (Å²) >= 11 is 5.22. The van der Waals surface area contributed by atoms with E-state index in [4.69, 9.17) is 12.2 Å². The molecule has 0 amide bonds. The molecule has 3 rings (SSSR count). The predicted octanol–water partition coefficient (Wildman–Crippen LogP) is 2.87. The van der Waals surface area contributed by atoms with Crippen LogP contribution in [0.4, 0.5) is 4.39 Å². The third-order valence-corrected chi connectivity index (χ3v) is 3.51. The number of hydrogen-bond acceptors (Lipinski definition) is 2. The number of para-hydroxylation sites is 2. The number of nitrogens with one attached hydrogen (secondary N) is 3. The first-order valence-electron chi connectivity index (χ1n) is 6.90. The number of imidazole rings is 1. The van der Waals surface area contributed by atoms with E-state index in [1.165, 1.54) is 12.1 Å². The second-order valence-corrected chi connectivity index (χ2v) is 5.27. The number of aromatic amines is 1. The summed E-state index contributed by atoms with van der Waals surface area (Å²) in [4.78, 5) is 7.69. The average Bonchev–Trinajstić information content (AvgIpc) is 2.95. The van der Waals surface area contributed by atoms with Crippen LogP contribution in [0.1, 0.15) is 11.4 Å². The Kier molecular flexibility index (Phi) is 4.29. The Hall–Kier alpha value is -2.47. The van der Waals surface area contributed by atoms with Crippen LogP contribution in [0.2, 0.25) is 0 Å². The number of benzene rings is 2. The maximum absolute atomic E-state index is 12.8. The topological polar surface area (TPSA) is 52.7 Å². The molecule has 0 aliphatic heterocycles. The lowest BCUT2D eigenvalue weighted by Crippen LogP contribution is -2.34. The van der Waals surface area contributed by atoms with E-state index in [0.29, 0.717) is 18.2 Å². The van der Waals surface area contributed by atoms with Crippen LogP contribution < -0.4 is 10.6 Å². The third kappa shape index (κ3) is 3.59. The number of fused-ring (bicyclic) bond motifs is 1. The molecule has 0 bridgehead atoms. The van der Waals surface area contributed by atoms with Crippen molar-refractivity contribution in [3.63, 3.8) is 0 Å². The molecular formula is C16H15FN4S. The highest BCUT2D eigenvalue weighted by Gasteiger charge is 2.03. The van der Waals surface area contributed by atoms with Crippen LogP contribution in [0.3, 0.4) is 0 Å². The predicted molar refractivity (Wildman–Crippen MR) is 88.8 cm³/mol. The molecule has 1 heterocycles. The van der Waals surface area contributed by atoms with E-state index in [0.717, 1.165) is 22.4 Å². The lowest BCUT2D eigenvalue weighted by Gasteiger charge is -2.09. The van der Waals surface area contributed by atoms with Gasteiger partial charge in [0, 0.05) is 6.54 Å². The maximum atomic E-state index is 12.8. The molecule has 1 aromatic heterocycles. The van der Waals surface area contributed by atoms with E-state index < -0.39 is 0 Å². The van der Waals surface area contributed by atoms with Gasteiger partial charge < -0.3 is 15.6 Å². The van der Waals surface area contributed by atoms with Gasteiger partial charge in [-0.2, -0.15) is 0 Å². The molecule has 0 aliphatic carbocycles. The second-order valence-electron chi connectivity index (χ2n) is 4.86. The highest BCUT2D eigenvalue weighted by atomic mass is 32.1. The Balaban J connectivity index is 1.50. The molecule has 0 aliphatic rings. The molecule has 3 aromatic rings. The molecule has 4 nitrogen and oxygen atoms in total. The van der Waals surface area contributed by atoms with Crippen molar-refractivity contribution in [2.45, 2.75) is 13.1 Å². The largest absolute Gasteiger partial charge is 0.359 e. The number of thiocarbonyl (C=S) groups is 1. The van der Waals surface area contributed by atoms with E-state index in [1.54, 1.807) is 12.1 Å². The van der Waals surface area contributed by atoms with Crippen molar-refractivity contribution < 1.29 is 4.39 Å². The molecule has 0 radical (unpaired) electrons. The second kappa shape index (κ2) is 6.53. The quantitative estimate of drug-likeness (QED) is 0.648. The van der Waals surface area contributed by atoms with Gasteiger partial charge in [-0.25, -0.2) is 9.37 Å². The average molecular weight is 314 g/mol. The van der Waals surface area contributed by atoms with Crippen molar-refractivity contribution in [3.8, 4) is 0 Å². The Morgan fingerprint density at radius 1 is 1.05 bits per heavy atom. The first-order chi connectivity index (χ1) is 10.7. The summed E-state index contributed by atoms with van der Waals surface area (Å²) < 4.78 is 12.8. The minimum atomic E-state index is -0.241. The van der Waals surface area contributed by atoms with Crippen molar-refractivity contribution in [2.75, 3.05) is 0 Å². The first kappa shape index (κ1) is 14.5. The zero-order valence-electron chi connectivity index (χ0n) is 11.8. The highest BCUT2D eigenvalue weighted by Crippen LogP contribution is 2.09. The standard InChI is InChI=1S/C16H15FN4S/c17-12-7-5-11(6-8-12)9-18-16(22)19-10-15-20-13-3-1-2-4-14(13)21-15/h1-8H,9-10H2,(H,20,21)(H2,18,19,22). The zero-order chi connectivity index (χ0) is 15.4. The fourth-order valence-corrected chi connectivity index (χ4v) is 2.24. The molecule has 0 unspecified atom stereocenters. The Bertz CT molecular complexity index is 749. The molecular weight excluding hydrogens is 299 g/mol. The van der Waals surface area contributed by atoms with Gasteiger partial charge in [-0.1, -0.05) is 24.3 Å². The van der Waals surface area contributed by atoms with Crippen molar-refractivity contribution in [3.05, 3.63) is 65.7 Å². The van der Waals surface area contributed by atoms with Gasteiger partial charge in [0.2, 0.25) is 0 Å². The van der Waals surface area contributed by atoms with E-state index in [2.05, 4.69) is 20.6 Å². The van der Waals surface area contributed by atoms with Crippen LogP contribution in [0.25, 0.3) is 11.0 Å². The van der Waals surface area contributed by atoms with E-state index in [-0.39, 0.29) is 5.82 Å². The molecule has 0 atom stereocenters. The Labute approximate surface area is 132 Å². The molecule has 0 fully saturated rings. The lowest BCUT2D eigenvalue weighted by molar-refractivity contribution is 0.626. The summed E-state index contributed by atoms with van der Waals surface area (Å²) in [5, 5.41) is 6.70. The van der Waals surface area contributed by atoms with E-state index in [9.17, 15) is 4.39 Å². The van der Waals surface area contributed by atoms with Crippen LogP contribution in [0.15, 0.2) is 48.5 Å². The molecule has 112 valence electrons. The summed E-state index contributed by atoms with van der Waals surface area (Å²) in [6.45, 7) is 1.07. The minimum Gasteiger partial charge on any atom is -0.359 e. The Morgan fingerprint density at radius 3 is 2.55 bits per heavy atom. The van der Waals surface area contributed by atoms with Crippen LogP contribution in [0, 0.1) is 5.82 Å². The minimum absolute atomic E-state index is 0.241. The van der Waals surface area contributed by atoms with Crippen molar-refractivity contribution in [2.24, 2.45) is 0 Å². The number of nitrogens with zero attached hydrogens (tertiary/aromatic N) is 1. The number of rotatable bonds is 4. The van der Waals surface area contributed by atoms with Gasteiger partial charge in [0.1, 0.15) is 11.6 Å². The SMILES string of the molecule is Fc1ccc(CNC(=S)NCc2nc3ccccc3[nH]2)cc1. The molecule has 22 heavy (non-hydrogen) atoms. The summed E-state index contributed by atoms with van der Waals surface area (Å²) in [5.41, 5.74) is 2.91. The maximum Gasteiger partial charge on any atom is 0.166 e. The van der Waals surface area contributed by atoms with Crippen LogP contribution >= 0.6 is 12.2 Å². The normalized spacial score (nSPS) is 10.6. The fourth-order valence-electron chi connectivity index (χ4n) is 2.10. The fraction of sp³-hybridized carbons (Fsp3) is 0.125. The summed E-state index contributed by atoms with van der Waals surface area (Å²) in [5.74, 6) is 0.585. The molecule has 0 spiro atoms. The third-order valence-electron chi connectivity index (χ3n) is 3.22. The van der Waals surface area contributed by atoms with Gasteiger partial charge in [0.05, 0.1) is 17.6 Å². The molecule has 0 saturated heterocycles. The monoisotopic (exact) mass is 314 g/mol. The molecule has 2 aromatic carbocycles. The van der Waals surface area contributed by atoms with Gasteiger partial charge >= 0.3 is 0 Å². The van der Waals surface area contributed by atoms with Gasteiger partial charge in [0.25, 0.3) is 0 Å². The highest BCUT2D eigenvalue weighted by molar-refractivity contribution is 7.80. The van der Waals surface area contributed by atoms with Gasteiger partial charge in [-0.05, 0) is 42.0 Å². The zero-order valence-corrected chi connectivity index (χ0v) is 12.6. The summed E-state index contributed by atoms with van der Waals surface area (Å²) in [6.07, 6.45) is 0. The number of halogens is 1. The first-order valence-corrected chi connectivity index (χ1v) is 7.31. The Morgan fingerprint density at radius 2 is 1.77 bits per heavy atom. The summed E-state index contributed by atoms with van der Waals surface area (Å²) in [6, 6.07) is 14.2. The van der Waals surface area contributed by atoms with Crippen LogP contribution in [0.5, 0.6) is 0 Å². The molecule has 3 N–H and O–H groups in total. The van der Waals surface area contributed by atoms with Gasteiger partial charge in [0.15, 0.2) is 5.11 Å². The molecule has 0 saturated carbocycles. The smallest absolute Gasteiger partial charge is 0.166 e. The number of H-pyrrole nitrogens is 1. The number of aromatic nitrogens is 2. The van der Waals surface area contributed by atoms with E-state index in [1.807, 2.05) is 24.3 Å². The van der Waals surface area contributed by atoms with Crippen molar-refractivity contribution in [1.82, 2.24) is 20.6 Å². The van der Waals surface area contributed by atoms with Crippen LogP contribution in [-0.4, -0.2) is 15.1 Å². The molecule has 6 heteroatoms. The van der Waals surface area contributed by atoms with Crippen molar-refractivity contribution in [1.29, 1.82) is 0 Å². The lowest BCUT2D eigenvalue weighted by atomic mass is 10.2.